The molecular formula is C25H30ClFN4O. The summed E-state index contributed by atoms with van der Waals surface area (Å²) in [5, 5.41) is 12.7. The van der Waals surface area contributed by atoms with Gasteiger partial charge in [0, 0.05) is 43.4 Å². The second kappa shape index (κ2) is 8.23. The van der Waals surface area contributed by atoms with Crippen LogP contribution in [0, 0.1) is 23.6 Å². The van der Waals surface area contributed by atoms with Crippen LogP contribution < -0.4 is 5.32 Å². The molecule has 5 nitrogen and oxygen atoms in total. The quantitative estimate of drug-likeness (QED) is 0.684. The second-order valence-electron chi connectivity index (χ2n) is 10.2. The Morgan fingerprint density at radius 2 is 1.78 bits per heavy atom. The highest BCUT2D eigenvalue weighted by Gasteiger charge is 2.57. The first-order valence-electron chi connectivity index (χ1n) is 12.0. The van der Waals surface area contributed by atoms with Gasteiger partial charge < -0.3 is 10.1 Å². The zero-order chi connectivity index (χ0) is 21.7. The fourth-order valence-corrected chi connectivity index (χ4v) is 6.80. The summed E-state index contributed by atoms with van der Waals surface area (Å²) < 4.78 is 19.2. The molecule has 32 heavy (non-hydrogen) atoms. The van der Waals surface area contributed by atoms with Crippen LogP contribution in [0.3, 0.4) is 0 Å². The number of anilines is 1. The number of fused-ring (bicyclic) bond motifs is 1. The van der Waals surface area contributed by atoms with E-state index in [1.54, 1.807) is 6.07 Å². The van der Waals surface area contributed by atoms with Crippen molar-refractivity contribution in [2.45, 2.75) is 50.1 Å². The predicted octanol–water partition coefficient (Wildman–Crippen LogP) is 5.02. The van der Waals surface area contributed by atoms with Gasteiger partial charge in [-0.05, 0) is 86.6 Å². The Kier molecular flexibility index (Phi) is 5.35. The molecule has 1 aromatic heterocycles. The van der Waals surface area contributed by atoms with Crippen LogP contribution in [0.25, 0.3) is 11.3 Å². The van der Waals surface area contributed by atoms with Crippen LogP contribution in [0.1, 0.15) is 38.5 Å². The summed E-state index contributed by atoms with van der Waals surface area (Å²) in [5.74, 6) is 2.85. The summed E-state index contributed by atoms with van der Waals surface area (Å²) in [6.07, 6.45) is 7.65. The molecule has 1 N–H and O–H groups in total. The zero-order valence-corrected chi connectivity index (χ0v) is 19.0. The van der Waals surface area contributed by atoms with Gasteiger partial charge in [-0.15, -0.1) is 10.2 Å². The number of nitrogens with one attached hydrogen (secondary N) is 1. The van der Waals surface area contributed by atoms with Crippen molar-refractivity contribution >= 4 is 17.4 Å². The van der Waals surface area contributed by atoms with Crippen molar-refractivity contribution in [2.24, 2.45) is 17.8 Å². The lowest BCUT2D eigenvalue weighted by Gasteiger charge is -2.38. The van der Waals surface area contributed by atoms with Crippen LogP contribution in [0.2, 0.25) is 5.02 Å². The van der Waals surface area contributed by atoms with Crippen molar-refractivity contribution in [3.63, 3.8) is 0 Å². The highest BCUT2D eigenvalue weighted by Crippen LogP contribution is 2.55. The lowest BCUT2D eigenvalue weighted by atomic mass is 9.88. The first kappa shape index (κ1) is 20.8. The second-order valence-corrected chi connectivity index (χ2v) is 10.6. The van der Waals surface area contributed by atoms with Gasteiger partial charge in [0.05, 0.1) is 10.7 Å². The fourth-order valence-electron chi connectivity index (χ4n) is 6.58. The molecule has 0 radical (unpaired) electrons. The maximum absolute atomic E-state index is 13.6. The molecule has 1 aromatic carbocycles. The van der Waals surface area contributed by atoms with Gasteiger partial charge in [-0.3, -0.25) is 4.90 Å². The average Bonchev–Trinajstić information content (AvgIpc) is 3.40. The van der Waals surface area contributed by atoms with E-state index >= 15 is 0 Å². The molecule has 7 heteroatoms. The summed E-state index contributed by atoms with van der Waals surface area (Å²) in [7, 11) is 0. The number of rotatable bonds is 5. The van der Waals surface area contributed by atoms with E-state index in [2.05, 4.69) is 20.4 Å². The third kappa shape index (κ3) is 3.80. The van der Waals surface area contributed by atoms with E-state index in [1.165, 1.54) is 63.7 Å². The van der Waals surface area contributed by atoms with E-state index < -0.39 is 0 Å². The molecule has 2 saturated carbocycles. The van der Waals surface area contributed by atoms with E-state index in [1.807, 2.05) is 12.1 Å². The number of nitrogens with zero attached hydrogens (tertiary/aromatic N) is 3. The number of likely N-dealkylation sites (tertiary alicyclic amines) is 1. The van der Waals surface area contributed by atoms with Crippen LogP contribution in [-0.2, 0) is 4.74 Å². The Balaban J connectivity index is 1.06. The highest BCUT2D eigenvalue weighted by molar-refractivity contribution is 6.33. The van der Waals surface area contributed by atoms with Crippen molar-refractivity contribution < 1.29 is 9.13 Å². The van der Waals surface area contributed by atoms with Gasteiger partial charge >= 0.3 is 0 Å². The van der Waals surface area contributed by atoms with Crippen molar-refractivity contribution in [1.29, 1.82) is 0 Å². The number of hydrogen-bond acceptors (Lipinski definition) is 5. The van der Waals surface area contributed by atoms with Gasteiger partial charge in [-0.2, -0.15) is 0 Å². The minimum Gasteiger partial charge on any atom is -0.381 e. The molecule has 0 spiro atoms. The van der Waals surface area contributed by atoms with E-state index in [9.17, 15) is 4.39 Å². The largest absolute Gasteiger partial charge is 0.381 e. The molecule has 2 aliphatic carbocycles. The van der Waals surface area contributed by atoms with Gasteiger partial charge in [-0.1, -0.05) is 11.6 Å². The Morgan fingerprint density at radius 1 is 1.03 bits per heavy atom. The molecular weight excluding hydrogens is 427 g/mol. The third-order valence-electron chi connectivity index (χ3n) is 8.35. The zero-order valence-electron chi connectivity index (χ0n) is 18.3. The standard InChI is InChI=1S/C25H30ClFN4O/c26-22-2-1-19(27)13-21(22)23-3-4-24(30-29-23)28-20-11-16-14-31(15-17(16)12-20)25(7-8-25)18-5-9-32-10-6-18/h1-4,13,16-18,20H,5-12,14-15H2,(H,28,30)/t16-,17?,20+/m1/s1. The monoisotopic (exact) mass is 456 g/mol. The van der Waals surface area contributed by atoms with Crippen LogP contribution in [0.4, 0.5) is 10.2 Å². The molecule has 4 aliphatic rings. The molecule has 3 heterocycles. The third-order valence-corrected chi connectivity index (χ3v) is 8.67. The van der Waals surface area contributed by atoms with Gasteiger partial charge in [-0.25, -0.2) is 4.39 Å². The van der Waals surface area contributed by atoms with E-state index in [-0.39, 0.29) is 5.82 Å². The Morgan fingerprint density at radius 3 is 2.44 bits per heavy atom. The SMILES string of the molecule is Fc1ccc(Cl)c(-c2ccc(N[C@@H]3CC4CN(C5(C6CCOCC6)CC5)C[C@H]4C3)nn2)c1. The molecule has 0 amide bonds. The first-order valence-corrected chi connectivity index (χ1v) is 12.4. The predicted molar refractivity (Wildman–Crippen MR) is 123 cm³/mol. The molecule has 2 aliphatic heterocycles. The number of halogens is 2. The summed E-state index contributed by atoms with van der Waals surface area (Å²) in [4.78, 5) is 2.85. The van der Waals surface area contributed by atoms with Crippen LogP contribution >= 0.6 is 11.6 Å². The molecule has 2 aromatic rings. The topological polar surface area (TPSA) is 50.3 Å². The maximum Gasteiger partial charge on any atom is 0.148 e. The molecule has 3 atom stereocenters. The highest BCUT2D eigenvalue weighted by atomic mass is 35.5. The molecule has 1 unspecified atom stereocenters. The van der Waals surface area contributed by atoms with Gasteiger partial charge in [0.1, 0.15) is 11.6 Å². The smallest absolute Gasteiger partial charge is 0.148 e. The molecule has 170 valence electrons. The summed E-state index contributed by atoms with van der Waals surface area (Å²) >= 11 is 6.20. The van der Waals surface area contributed by atoms with Crippen LogP contribution in [-0.4, -0.2) is 53.0 Å². The summed E-state index contributed by atoms with van der Waals surface area (Å²) in [6.45, 7) is 4.40. The van der Waals surface area contributed by atoms with E-state index in [0.717, 1.165) is 36.8 Å². The Bertz CT molecular complexity index is 962. The molecule has 0 bridgehead atoms. The number of benzene rings is 1. The van der Waals surface area contributed by atoms with Gasteiger partial charge in [0.15, 0.2) is 0 Å². The van der Waals surface area contributed by atoms with Crippen LogP contribution in [0.5, 0.6) is 0 Å². The molecule has 4 fully saturated rings. The number of hydrogen-bond donors (Lipinski definition) is 1. The Labute approximate surface area is 193 Å². The first-order chi connectivity index (χ1) is 15.6. The molecule has 6 rings (SSSR count). The Hall–Kier alpha value is -1.76. The average molecular weight is 457 g/mol. The van der Waals surface area contributed by atoms with E-state index in [4.69, 9.17) is 16.3 Å². The van der Waals surface area contributed by atoms with Gasteiger partial charge in [0.2, 0.25) is 0 Å². The van der Waals surface area contributed by atoms with E-state index in [0.29, 0.717) is 27.9 Å². The number of ether oxygens (including phenoxy) is 1. The summed E-state index contributed by atoms with van der Waals surface area (Å²) in [5.41, 5.74) is 1.65. The lowest BCUT2D eigenvalue weighted by Crippen LogP contribution is -2.44. The van der Waals surface area contributed by atoms with Crippen molar-refractivity contribution in [2.75, 3.05) is 31.6 Å². The minimum absolute atomic E-state index is 0.329. The summed E-state index contributed by atoms with van der Waals surface area (Å²) in [6, 6.07) is 8.53. The normalized spacial score (nSPS) is 29.8. The molecule has 2 saturated heterocycles. The van der Waals surface area contributed by atoms with Crippen molar-refractivity contribution in [3.8, 4) is 11.3 Å². The number of aromatic nitrogens is 2. The van der Waals surface area contributed by atoms with Crippen molar-refractivity contribution in [3.05, 3.63) is 41.2 Å². The minimum atomic E-state index is -0.329. The lowest BCUT2D eigenvalue weighted by molar-refractivity contribution is 0.0202. The van der Waals surface area contributed by atoms with Crippen LogP contribution in [0.15, 0.2) is 30.3 Å². The fraction of sp³-hybridized carbons (Fsp3) is 0.600. The maximum atomic E-state index is 13.6. The van der Waals surface area contributed by atoms with Crippen molar-refractivity contribution in [1.82, 2.24) is 15.1 Å². The van der Waals surface area contributed by atoms with Gasteiger partial charge in [0.25, 0.3) is 0 Å².